The molecule has 0 aliphatic carbocycles. The van der Waals surface area contributed by atoms with Crippen LogP contribution in [0.25, 0.3) is 22.6 Å². The van der Waals surface area contributed by atoms with Crippen molar-refractivity contribution in [1.29, 1.82) is 0 Å². The van der Waals surface area contributed by atoms with Crippen molar-refractivity contribution in [1.82, 2.24) is 15.6 Å². The summed E-state index contributed by atoms with van der Waals surface area (Å²) < 4.78 is 5.98. The van der Waals surface area contributed by atoms with Gasteiger partial charge in [-0.25, -0.2) is 4.98 Å². The molecule has 0 radical (unpaired) electrons. The molecule has 0 saturated heterocycles. The quantitative estimate of drug-likeness (QED) is 0.526. The van der Waals surface area contributed by atoms with Gasteiger partial charge in [-0.15, -0.1) is 0 Å². The molecule has 5 heteroatoms. The fraction of sp³-hybridized carbons (Fsp3) is 0.391. The lowest BCUT2D eigenvalue weighted by molar-refractivity contribution is 0.0949. The number of fused-ring (bicyclic) bond motifs is 1. The van der Waals surface area contributed by atoms with Gasteiger partial charge in [-0.1, -0.05) is 45.4 Å². The molecule has 0 aliphatic rings. The van der Waals surface area contributed by atoms with Gasteiger partial charge in [0.15, 0.2) is 5.58 Å². The van der Waals surface area contributed by atoms with E-state index in [2.05, 4.69) is 48.5 Å². The number of nitrogens with zero attached hydrogens (tertiary/aromatic N) is 1. The maximum absolute atomic E-state index is 12.5. The van der Waals surface area contributed by atoms with Crippen LogP contribution < -0.4 is 10.6 Å². The molecule has 2 aromatic carbocycles. The first-order valence-electron chi connectivity index (χ1n) is 10.1. The van der Waals surface area contributed by atoms with E-state index in [9.17, 15) is 4.79 Å². The van der Waals surface area contributed by atoms with Crippen LogP contribution in [0.4, 0.5) is 0 Å². The van der Waals surface area contributed by atoms with E-state index >= 15 is 0 Å². The van der Waals surface area contributed by atoms with Crippen LogP contribution in [0.2, 0.25) is 0 Å². The van der Waals surface area contributed by atoms with Gasteiger partial charge in [0.2, 0.25) is 5.89 Å². The highest BCUT2D eigenvalue weighted by molar-refractivity contribution is 6.04. The maximum Gasteiger partial charge on any atom is 0.255 e. The SMILES string of the molecule is CCCCNCc1ccc(-c2nc3cccc(C(=O)NCC(C)C)c3o2)cc1. The van der Waals surface area contributed by atoms with Gasteiger partial charge in [-0.3, -0.25) is 4.79 Å². The Morgan fingerprint density at radius 1 is 1.14 bits per heavy atom. The Labute approximate surface area is 166 Å². The van der Waals surface area contributed by atoms with Crippen LogP contribution in [-0.2, 0) is 6.54 Å². The number of unbranched alkanes of at least 4 members (excludes halogenated alkanes) is 1. The number of carbonyl (C=O) groups excluding carboxylic acids is 1. The Balaban J connectivity index is 1.77. The zero-order valence-corrected chi connectivity index (χ0v) is 16.9. The molecular weight excluding hydrogens is 350 g/mol. The van der Waals surface area contributed by atoms with Crippen molar-refractivity contribution in [3.05, 3.63) is 53.6 Å². The number of nitrogens with one attached hydrogen (secondary N) is 2. The summed E-state index contributed by atoms with van der Waals surface area (Å²) in [6.45, 7) is 8.84. The molecule has 0 aliphatic heterocycles. The number of hydrogen-bond acceptors (Lipinski definition) is 4. The molecule has 1 amide bonds. The van der Waals surface area contributed by atoms with E-state index in [1.54, 1.807) is 6.07 Å². The van der Waals surface area contributed by atoms with Crippen molar-refractivity contribution in [2.75, 3.05) is 13.1 Å². The van der Waals surface area contributed by atoms with Gasteiger partial charge < -0.3 is 15.1 Å². The van der Waals surface area contributed by atoms with Gasteiger partial charge >= 0.3 is 0 Å². The number of para-hydroxylation sites is 1. The lowest BCUT2D eigenvalue weighted by Gasteiger charge is -2.07. The third-order valence-corrected chi connectivity index (χ3v) is 4.57. The first kappa shape index (κ1) is 20.1. The molecule has 0 atom stereocenters. The summed E-state index contributed by atoms with van der Waals surface area (Å²) in [6.07, 6.45) is 2.38. The van der Waals surface area contributed by atoms with E-state index in [4.69, 9.17) is 4.42 Å². The van der Waals surface area contributed by atoms with Crippen molar-refractivity contribution in [2.24, 2.45) is 5.92 Å². The second kappa shape index (κ2) is 9.51. The van der Waals surface area contributed by atoms with Crippen molar-refractivity contribution in [2.45, 2.75) is 40.2 Å². The smallest absolute Gasteiger partial charge is 0.255 e. The minimum atomic E-state index is -0.129. The Hall–Kier alpha value is -2.66. The molecule has 2 N–H and O–H groups in total. The van der Waals surface area contributed by atoms with E-state index in [0.29, 0.717) is 35.0 Å². The Bertz CT molecular complexity index is 913. The third kappa shape index (κ3) is 4.98. The van der Waals surface area contributed by atoms with Crippen LogP contribution in [0, 0.1) is 5.92 Å². The number of amides is 1. The van der Waals surface area contributed by atoms with E-state index < -0.39 is 0 Å². The Kier molecular flexibility index (Phi) is 6.82. The molecule has 5 nitrogen and oxygen atoms in total. The number of carbonyl (C=O) groups is 1. The van der Waals surface area contributed by atoms with Gasteiger partial charge in [0.1, 0.15) is 5.52 Å². The zero-order chi connectivity index (χ0) is 19.9. The van der Waals surface area contributed by atoms with Crippen LogP contribution in [0.15, 0.2) is 46.9 Å². The predicted molar refractivity (Wildman–Crippen MR) is 113 cm³/mol. The fourth-order valence-electron chi connectivity index (χ4n) is 2.94. The molecule has 3 aromatic rings. The molecule has 0 fully saturated rings. The molecule has 148 valence electrons. The topological polar surface area (TPSA) is 67.2 Å². The summed E-state index contributed by atoms with van der Waals surface area (Å²) in [7, 11) is 0. The van der Waals surface area contributed by atoms with E-state index in [1.807, 2.05) is 24.3 Å². The monoisotopic (exact) mass is 379 g/mol. The first-order chi connectivity index (χ1) is 13.6. The molecule has 0 unspecified atom stereocenters. The summed E-state index contributed by atoms with van der Waals surface area (Å²) in [4.78, 5) is 17.1. The fourth-order valence-corrected chi connectivity index (χ4v) is 2.94. The zero-order valence-electron chi connectivity index (χ0n) is 16.9. The molecule has 3 rings (SSSR count). The Morgan fingerprint density at radius 3 is 2.64 bits per heavy atom. The summed E-state index contributed by atoms with van der Waals surface area (Å²) in [5.41, 5.74) is 3.88. The predicted octanol–water partition coefficient (Wildman–Crippen LogP) is 4.77. The average Bonchev–Trinajstić information content (AvgIpc) is 3.14. The molecule has 1 aromatic heterocycles. The third-order valence-electron chi connectivity index (χ3n) is 4.57. The van der Waals surface area contributed by atoms with Crippen molar-refractivity contribution in [3.63, 3.8) is 0 Å². The highest BCUT2D eigenvalue weighted by Gasteiger charge is 2.16. The van der Waals surface area contributed by atoms with E-state index in [0.717, 1.165) is 18.7 Å². The molecule has 1 heterocycles. The summed E-state index contributed by atoms with van der Waals surface area (Å²) in [5.74, 6) is 0.795. The molecule has 0 spiro atoms. The van der Waals surface area contributed by atoms with E-state index in [1.165, 1.54) is 18.4 Å². The number of oxazole rings is 1. The number of aromatic nitrogens is 1. The summed E-state index contributed by atoms with van der Waals surface area (Å²) in [6, 6.07) is 13.7. The van der Waals surface area contributed by atoms with Gasteiger partial charge in [0.05, 0.1) is 5.56 Å². The standard InChI is InChI=1S/C23H29N3O2/c1-4-5-13-24-15-17-9-11-18(12-10-17)23-26-20-8-6-7-19(21(20)28-23)22(27)25-14-16(2)3/h6-12,16,24H,4-5,13-15H2,1-3H3,(H,25,27). The highest BCUT2D eigenvalue weighted by atomic mass is 16.3. The first-order valence-corrected chi connectivity index (χ1v) is 10.1. The number of hydrogen-bond donors (Lipinski definition) is 2. The lowest BCUT2D eigenvalue weighted by atomic mass is 10.1. The van der Waals surface area contributed by atoms with Crippen molar-refractivity contribution in [3.8, 4) is 11.5 Å². The van der Waals surface area contributed by atoms with Gasteiger partial charge in [0, 0.05) is 18.7 Å². The van der Waals surface area contributed by atoms with Crippen LogP contribution >= 0.6 is 0 Å². The second-order valence-corrected chi connectivity index (χ2v) is 7.50. The summed E-state index contributed by atoms with van der Waals surface area (Å²) in [5, 5.41) is 6.38. The second-order valence-electron chi connectivity index (χ2n) is 7.50. The van der Waals surface area contributed by atoms with Gasteiger partial charge in [0.25, 0.3) is 5.91 Å². The lowest BCUT2D eigenvalue weighted by Crippen LogP contribution is -2.27. The maximum atomic E-state index is 12.5. The minimum Gasteiger partial charge on any atom is -0.435 e. The van der Waals surface area contributed by atoms with E-state index in [-0.39, 0.29) is 5.91 Å². The molecular formula is C23H29N3O2. The Morgan fingerprint density at radius 2 is 1.93 bits per heavy atom. The van der Waals surface area contributed by atoms with Crippen LogP contribution in [-0.4, -0.2) is 24.0 Å². The number of rotatable bonds is 9. The van der Waals surface area contributed by atoms with Crippen molar-refractivity contribution < 1.29 is 9.21 Å². The largest absolute Gasteiger partial charge is 0.435 e. The van der Waals surface area contributed by atoms with Crippen LogP contribution in [0.3, 0.4) is 0 Å². The van der Waals surface area contributed by atoms with Crippen LogP contribution in [0.5, 0.6) is 0 Å². The molecule has 0 saturated carbocycles. The van der Waals surface area contributed by atoms with Crippen LogP contribution in [0.1, 0.15) is 49.5 Å². The van der Waals surface area contributed by atoms with Gasteiger partial charge in [-0.2, -0.15) is 0 Å². The normalized spacial score (nSPS) is 11.3. The minimum absolute atomic E-state index is 0.129. The average molecular weight is 380 g/mol. The molecule has 0 bridgehead atoms. The van der Waals surface area contributed by atoms with Crippen molar-refractivity contribution >= 4 is 17.0 Å². The summed E-state index contributed by atoms with van der Waals surface area (Å²) >= 11 is 0. The number of benzene rings is 2. The van der Waals surface area contributed by atoms with Gasteiger partial charge in [-0.05, 0) is 48.7 Å². The highest BCUT2D eigenvalue weighted by Crippen LogP contribution is 2.27. The molecule has 28 heavy (non-hydrogen) atoms.